The van der Waals surface area contributed by atoms with Crippen LogP contribution in [0.5, 0.6) is 0 Å². The van der Waals surface area contributed by atoms with Crippen LogP contribution < -0.4 is 0 Å². The van der Waals surface area contributed by atoms with E-state index >= 15 is 4.79 Å². The third-order valence-electron chi connectivity index (χ3n) is 13.9. The molecule has 51 heavy (non-hydrogen) atoms. The van der Waals surface area contributed by atoms with Gasteiger partial charge in [-0.3, -0.25) is 9.59 Å². The Hall–Kier alpha value is -2.42. The van der Waals surface area contributed by atoms with E-state index in [9.17, 15) is 4.79 Å². The normalized spacial score (nSPS) is 38.6. The molecule has 2 saturated carbocycles. The first-order valence-corrected chi connectivity index (χ1v) is 19.6. The van der Waals surface area contributed by atoms with Gasteiger partial charge in [0.2, 0.25) is 0 Å². The largest absolute Gasteiger partial charge is 0.377 e. The van der Waals surface area contributed by atoms with E-state index < -0.39 is 28.8 Å². The van der Waals surface area contributed by atoms with E-state index in [0.29, 0.717) is 50.9 Å². The minimum absolute atomic E-state index is 0.0127. The third kappa shape index (κ3) is 6.58. The smallest absolute Gasteiger partial charge is 0.191 e. The number of ketones is 2. The topological polar surface area (TPSA) is 80.3 Å². The summed E-state index contributed by atoms with van der Waals surface area (Å²) in [6, 6.07) is 20.3. The second kappa shape index (κ2) is 13.8. The van der Waals surface area contributed by atoms with Crippen LogP contribution in [0.15, 0.2) is 60.7 Å². The number of hydrogen-bond acceptors (Lipinski definition) is 7. The first kappa shape index (κ1) is 36.9. The monoisotopic (exact) mass is 700 g/mol. The van der Waals surface area contributed by atoms with Gasteiger partial charge in [0.25, 0.3) is 0 Å². The molecule has 5 aliphatic rings. The van der Waals surface area contributed by atoms with Gasteiger partial charge in [-0.1, -0.05) is 74.5 Å². The molecule has 0 spiro atoms. The lowest BCUT2D eigenvalue weighted by atomic mass is 9.61. The molecule has 10 atom stereocenters. The summed E-state index contributed by atoms with van der Waals surface area (Å²) >= 11 is 0. The highest BCUT2D eigenvalue weighted by Crippen LogP contribution is 2.68. The Morgan fingerprint density at radius 3 is 2.16 bits per heavy atom. The number of hydrogen-bond donors (Lipinski definition) is 0. The highest BCUT2D eigenvalue weighted by molar-refractivity contribution is 6.00. The third-order valence-corrected chi connectivity index (χ3v) is 13.9. The van der Waals surface area contributed by atoms with Crippen LogP contribution in [0.3, 0.4) is 0 Å². The van der Waals surface area contributed by atoms with Crippen molar-refractivity contribution < 1.29 is 33.3 Å². The number of fused-ring (bicyclic) bond motifs is 1. The molecule has 2 aromatic carbocycles. The second-order valence-corrected chi connectivity index (χ2v) is 17.9. The summed E-state index contributed by atoms with van der Waals surface area (Å²) in [6.07, 6.45) is 6.22. The van der Waals surface area contributed by atoms with E-state index in [2.05, 4.69) is 39.8 Å². The van der Waals surface area contributed by atoms with Crippen molar-refractivity contribution in [2.45, 2.75) is 142 Å². The Balaban J connectivity index is 1.17. The van der Waals surface area contributed by atoms with Gasteiger partial charge in [-0.15, -0.1) is 0 Å². The van der Waals surface area contributed by atoms with E-state index in [1.54, 1.807) is 0 Å². The molecule has 2 aromatic rings. The van der Waals surface area contributed by atoms with Gasteiger partial charge in [0.15, 0.2) is 11.6 Å². The maximum Gasteiger partial charge on any atom is 0.191 e. The lowest BCUT2D eigenvalue weighted by Gasteiger charge is -2.53. The average Bonchev–Trinajstić information content (AvgIpc) is 3.63. The van der Waals surface area contributed by atoms with Gasteiger partial charge in [-0.2, -0.15) is 0 Å². The molecule has 7 heteroatoms. The minimum atomic E-state index is -1.24. The van der Waals surface area contributed by atoms with E-state index in [0.717, 1.165) is 43.2 Å². The molecular formula is C44H60O7. The highest BCUT2D eigenvalue weighted by Gasteiger charge is 2.77. The highest BCUT2D eigenvalue weighted by atomic mass is 16.8. The summed E-state index contributed by atoms with van der Waals surface area (Å²) in [5.41, 5.74) is 0.711. The van der Waals surface area contributed by atoms with Crippen molar-refractivity contribution in [1.82, 2.24) is 0 Å². The first-order chi connectivity index (χ1) is 24.2. The molecule has 2 aliphatic carbocycles. The lowest BCUT2D eigenvalue weighted by Crippen LogP contribution is -2.62. The van der Waals surface area contributed by atoms with Crippen molar-refractivity contribution in [3.63, 3.8) is 0 Å². The minimum Gasteiger partial charge on any atom is -0.377 e. The molecule has 278 valence electrons. The average molecular weight is 701 g/mol. The van der Waals surface area contributed by atoms with Crippen LogP contribution in [-0.4, -0.2) is 47.6 Å². The predicted molar refractivity (Wildman–Crippen MR) is 195 cm³/mol. The Morgan fingerprint density at radius 2 is 1.51 bits per heavy atom. The van der Waals surface area contributed by atoms with E-state index in [-0.39, 0.29) is 40.7 Å². The Labute approximate surface area is 305 Å². The Morgan fingerprint density at radius 1 is 0.843 bits per heavy atom. The summed E-state index contributed by atoms with van der Waals surface area (Å²) in [6.45, 7) is 16.5. The van der Waals surface area contributed by atoms with Crippen LogP contribution >= 0.6 is 0 Å². The zero-order valence-corrected chi connectivity index (χ0v) is 32.0. The van der Waals surface area contributed by atoms with E-state index in [4.69, 9.17) is 23.7 Å². The van der Waals surface area contributed by atoms with Crippen molar-refractivity contribution in [2.75, 3.05) is 6.61 Å². The fourth-order valence-corrected chi connectivity index (χ4v) is 11.4. The number of benzene rings is 2. The van der Waals surface area contributed by atoms with Crippen LogP contribution in [0.25, 0.3) is 0 Å². The van der Waals surface area contributed by atoms with Crippen LogP contribution in [-0.2, 0) is 46.5 Å². The summed E-state index contributed by atoms with van der Waals surface area (Å²) < 4.78 is 32.7. The van der Waals surface area contributed by atoms with Crippen molar-refractivity contribution in [3.8, 4) is 0 Å². The van der Waals surface area contributed by atoms with E-state index in [1.807, 2.05) is 69.3 Å². The van der Waals surface area contributed by atoms with Gasteiger partial charge < -0.3 is 23.7 Å². The fourth-order valence-electron chi connectivity index (χ4n) is 11.4. The molecule has 3 saturated heterocycles. The molecule has 7 nitrogen and oxygen atoms in total. The molecule has 2 bridgehead atoms. The van der Waals surface area contributed by atoms with Crippen LogP contribution in [0.4, 0.5) is 0 Å². The zero-order chi connectivity index (χ0) is 36.2. The van der Waals surface area contributed by atoms with Crippen LogP contribution in [0, 0.1) is 40.4 Å². The number of rotatable bonds is 13. The standard InChI is InChI=1S/C44H60O7/c1-29(18-21-36-40(2,3)51-41(4,5)50-36)33-19-20-34(42(33,6)24-25-47-27-30-14-10-8-11-15-30)37-38-35(45)26-32-22-23-43(7,39(37)46)44(38,49-32)48-28-31-16-12-9-13-17-31/h8-17,29,32-34,36-38H,18-28H2,1-7H3/t29-,32?,33-,34+,36-,37+,38+,42-,43?,44?/m1/s1. The molecule has 3 unspecified atom stereocenters. The van der Waals surface area contributed by atoms with Crippen molar-refractivity contribution in [1.29, 1.82) is 0 Å². The van der Waals surface area contributed by atoms with Gasteiger partial charge >= 0.3 is 0 Å². The predicted octanol–water partition coefficient (Wildman–Crippen LogP) is 8.86. The maximum atomic E-state index is 15.1. The van der Waals surface area contributed by atoms with Crippen molar-refractivity contribution in [2.24, 2.45) is 40.4 Å². The van der Waals surface area contributed by atoms with Crippen molar-refractivity contribution in [3.05, 3.63) is 71.8 Å². The maximum absolute atomic E-state index is 15.1. The molecule has 0 amide bonds. The Kier molecular flexibility index (Phi) is 9.97. The molecule has 3 heterocycles. The molecule has 0 N–H and O–H groups in total. The summed E-state index contributed by atoms with van der Waals surface area (Å²) in [5.74, 6) is -1.81. The number of Topliss-reactive ketones (excluding diaryl/α,β-unsaturated/α-hetero) is 2. The van der Waals surface area contributed by atoms with E-state index in [1.165, 1.54) is 0 Å². The van der Waals surface area contributed by atoms with Crippen molar-refractivity contribution >= 4 is 11.6 Å². The molecule has 3 aliphatic heterocycles. The van der Waals surface area contributed by atoms with Gasteiger partial charge in [-0.05, 0) is 114 Å². The fraction of sp³-hybridized carbons (Fsp3) is 0.682. The lowest BCUT2D eigenvalue weighted by molar-refractivity contribution is -0.349. The molecule has 0 aromatic heterocycles. The molecule has 0 radical (unpaired) electrons. The zero-order valence-electron chi connectivity index (χ0n) is 32.0. The molecule has 5 fully saturated rings. The molecular weight excluding hydrogens is 640 g/mol. The van der Waals surface area contributed by atoms with Crippen LogP contribution in [0.1, 0.15) is 111 Å². The first-order valence-electron chi connectivity index (χ1n) is 19.6. The SMILES string of the molecule is C[C@H](CC[C@H]1OC(C)(C)OC1(C)C)[C@H]1CC[C@@H]([C@@H]2C(=O)C3(C)CCC4CC(=O)[C@@H]2C3(OCc2ccccc2)O4)[C@]1(C)CCOCc1ccccc1. The molecule has 7 rings (SSSR count). The number of ether oxygens (including phenoxy) is 5. The van der Waals surface area contributed by atoms with Gasteiger partial charge in [0.1, 0.15) is 11.6 Å². The Bertz CT molecular complexity index is 1560. The quantitative estimate of drug-likeness (QED) is 0.193. The van der Waals surface area contributed by atoms with Gasteiger partial charge in [-0.25, -0.2) is 0 Å². The van der Waals surface area contributed by atoms with Gasteiger partial charge in [0, 0.05) is 18.9 Å². The summed E-state index contributed by atoms with van der Waals surface area (Å²) in [5, 5.41) is 0. The number of carbonyl (C=O) groups excluding carboxylic acids is 2. The summed E-state index contributed by atoms with van der Waals surface area (Å²) in [4.78, 5) is 29.5. The second-order valence-electron chi connectivity index (χ2n) is 17.9. The summed E-state index contributed by atoms with van der Waals surface area (Å²) in [7, 11) is 0. The van der Waals surface area contributed by atoms with Gasteiger partial charge in [0.05, 0.1) is 42.4 Å². The number of carbonyl (C=O) groups is 2. The van der Waals surface area contributed by atoms with Crippen LogP contribution in [0.2, 0.25) is 0 Å².